The zero-order valence-corrected chi connectivity index (χ0v) is 23.1. The molecule has 0 atom stereocenters. The standard InChI is InChI=1S/C30H35F6N3O3/c31-29(32,33)23-16-22(17-24(18-23)30(34,35)36)20-37-26(40)6-7-27(41)38-25-8-10-28(11-9-25,39-12-14-42-15-13-39)19-21-4-2-1-3-5-21/h1-5,16-18,25H,6-15,19-20H2,(H,37,40)(H,38,41). The SMILES string of the molecule is O=C(CCC(=O)NC1CCC(Cc2ccccc2)(N2CCOCC2)CC1)NCc1cc(C(F)(F)F)cc(C(F)(F)F)c1. The summed E-state index contributed by atoms with van der Waals surface area (Å²) < 4.78 is 84.0. The number of halogens is 6. The number of ether oxygens (including phenoxy) is 1. The summed E-state index contributed by atoms with van der Waals surface area (Å²) in [5.74, 6) is -0.968. The number of alkyl halides is 6. The Labute approximate surface area is 240 Å². The van der Waals surface area contributed by atoms with Crippen molar-refractivity contribution in [3.8, 4) is 0 Å². The van der Waals surface area contributed by atoms with E-state index in [2.05, 4.69) is 27.7 Å². The first-order chi connectivity index (χ1) is 19.8. The lowest BCUT2D eigenvalue weighted by molar-refractivity contribution is -0.143. The molecule has 1 saturated carbocycles. The molecule has 0 unspecified atom stereocenters. The summed E-state index contributed by atoms with van der Waals surface area (Å²) in [5, 5.41) is 5.30. The fourth-order valence-electron chi connectivity index (χ4n) is 5.86. The van der Waals surface area contributed by atoms with Gasteiger partial charge in [-0.2, -0.15) is 26.3 Å². The highest BCUT2D eigenvalue weighted by molar-refractivity contribution is 5.83. The van der Waals surface area contributed by atoms with Crippen molar-refractivity contribution >= 4 is 11.8 Å². The lowest BCUT2D eigenvalue weighted by Gasteiger charge is -2.50. The Balaban J connectivity index is 1.26. The maximum absolute atomic E-state index is 13.1. The Bertz CT molecular complexity index is 1170. The number of carbonyl (C=O) groups is 2. The van der Waals surface area contributed by atoms with Crippen molar-refractivity contribution in [2.24, 2.45) is 0 Å². The van der Waals surface area contributed by atoms with Gasteiger partial charge in [0.05, 0.1) is 24.3 Å². The molecule has 2 aromatic carbocycles. The van der Waals surface area contributed by atoms with Crippen LogP contribution in [0.5, 0.6) is 0 Å². The van der Waals surface area contributed by atoms with Gasteiger partial charge < -0.3 is 15.4 Å². The predicted molar refractivity (Wildman–Crippen MR) is 143 cm³/mol. The van der Waals surface area contributed by atoms with Crippen LogP contribution in [0.2, 0.25) is 0 Å². The van der Waals surface area contributed by atoms with Gasteiger partial charge in [-0.3, -0.25) is 14.5 Å². The van der Waals surface area contributed by atoms with E-state index in [1.807, 2.05) is 18.2 Å². The first kappa shape index (κ1) is 31.8. The average molecular weight is 600 g/mol. The summed E-state index contributed by atoms with van der Waals surface area (Å²) in [6, 6.07) is 11.4. The first-order valence-electron chi connectivity index (χ1n) is 14.1. The van der Waals surface area contributed by atoms with E-state index >= 15 is 0 Å². The Morgan fingerprint density at radius 2 is 1.40 bits per heavy atom. The van der Waals surface area contributed by atoms with E-state index in [9.17, 15) is 35.9 Å². The molecule has 2 N–H and O–H groups in total. The molecule has 2 amide bonds. The van der Waals surface area contributed by atoms with Gasteiger partial charge in [0.25, 0.3) is 0 Å². The highest BCUT2D eigenvalue weighted by Crippen LogP contribution is 2.38. The molecule has 1 aliphatic heterocycles. The lowest BCUT2D eigenvalue weighted by Crippen LogP contribution is -2.58. The van der Waals surface area contributed by atoms with E-state index in [0.717, 1.165) is 45.2 Å². The molecule has 42 heavy (non-hydrogen) atoms. The normalized spacial score (nSPS) is 22.0. The second kappa shape index (κ2) is 13.5. The molecule has 12 heteroatoms. The molecule has 6 nitrogen and oxygen atoms in total. The minimum Gasteiger partial charge on any atom is -0.379 e. The smallest absolute Gasteiger partial charge is 0.379 e. The number of hydrogen-bond acceptors (Lipinski definition) is 4. The quantitative estimate of drug-likeness (QED) is 0.374. The van der Waals surface area contributed by atoms with E-state index in [1.54, 1.807) is 0 Å². The second-order valence-corrected chi connectivity index (χ2v) is 11.0. The fraction of sp³-hybridized carbons (Fsp3) is 0.533. The summed E-state index contributed by atoms with van der Waals surface area (Å²) in [4.78, 5) is 27.4. The summed E-state index contributed by atoms with van der Waals surface area (Å²) in [7, 11) is 0. The number of carbonyl (C=O) groups excluding carboxylic acids is 2. The fourth-order valence-corrected chi connectivity index (χ4v) is 5.86. The summed E-state index contributed by atoms with van der Waals surface area (Å²) in [6.45, 7) is 2.57. The molecule has 2 fully saturated rings. The van der Waals surface area contributed by atoms with Gasteiger partial charge in [-0.1, -0.05) is 30.3 Å². The Morgan fingerprint density at radius 3 is 1.98 bits per heavy atom. The Morgan fingerprint density at radius 1 is 0.833 bits per heavy atom. The summed E-state index contributed by atoms with van der Waals surface area (Å²) in [5.41, 5.74) is -2.00. The molecule has 1 saturated heterocycles. The monoisotopic (exact) mass is 599 g/mol. The van der Waals surface area contributed by atoms with E-state index in [4.69, 9.17) is 4.74 Å². The van der Waals surface area contributed by atoms with Crippen LogP contribution < -0.4 is 10.6 Å². The molecular weight excluding hydrogens is 564 g/mol. The van der Waals surface area contributed by atoms with E-state index in [0.29, 0.717) is 25.3 Å². The number of hydrogen-bond donors (Lipinski definition) is 2. The van der Waals surface area contributed by atoms with Gasteiger partial charge in [-0.05, 0) is 61.4 Å². The van der Waals surface area contributed by atoms with Crippen LogP contribution in [-0.4, -0.2) is 54.6 Å². The largest absolute Gasteiger partial charge is 0.416 e. The van der Waals surface area contributed by atoms with Crippen molar-refractivity contribution in [2.75, 3.05) is 26.3 Å². The van der Waals surface area contributed by atoms with Crippen LogP contribution >= 0.6 is 0 Å². The van der Waals surface area contributed by atoms with Crippen LogP contribution in [0, 0.1) is 0 Å². The van der Waals surface area contributed by atoms with Crippen LogP contribution in [0.3, 0.4) is 0 Å². The van der Waals surface area contributed by atoms with Crippen LogP contribution in [0.25, 0.3) is 0 Å². The first-order valence-corrected chi connectivity index (χ1v) is 14.1. The van der Waals surface area contributed by atoms with Crippen LogP contribution in [0.4, 0.5) is 26.3 Å². The van der Waals surface area contributed by atoms with Crippen molar-refractivity contribution in [3.63, 3.8) is 0 Å². The molecule has 1 heterocycles. The average Bonchev–Trinajstić information content (AvgIpc) is 2.96. The van der Waals surface area contributed by atoms with Gasteiger partial charge in [-0.15, -0.1) is 0 Å². The van der Waals surface area contributed by atoms with E-state index in [1.165, 1.54) is 5.56 Å². The zero-order valence-electron chi connectivity index (χ0n) is 23.1. The molecule has 1 aliphatic carbocycles. The van der Waals surface area contributed by atoms with Crippen molar-refractivity contribution in [1.82, 2.24) is 15.5 Å². The summed E-state index contributed by atoms with van der Waals surface area (Å²) >= 11 is 0. The predicted octanol–water partition coefficient (Wildman–Crippen LogP) is 5.49. The summed E-state index contributed by atoms with van der Waals surface area (Å²) in [6.07, 6.45) is -6.08. The zero-order chi connectivity index (χ0) is 30.4. The van der Waals surface area contributed by atoms with Crippen molar-refractivity contribution in [1.29, 1.82) is 0 Å². The van der Waals surface area contributed by atoms with Gasteiger partial charge in [0, 0.05) is 44.1 Å². The van der Waals surface area contributed by atoms with E-state index in [-0.39, 0.29) is 42.0 Å². The molecule has 0 radical (unpaired) electrons. The molecule has 2 aromatic rings. The van der Waals surface area contributed by atoms with Gasteiger partial charge in [0.1, 0.15) is 0 Å². The minimum absolute atomic E-state index is 0.0261. The van der Waals surface area contributed by atoms with Gasteiger partial charge in [0.2, 0.25) is 11.8 Å². The third-order valence-corrected chi connectivity index (χ3v) is 8.06. The molecule has 0 spiro atoms. The van der Waals surface area contributed by atoms with Gasteiger partial charge >= 0.3 is 12.4 Å². The third kappa shape index (κ3) is 8.70. The number of nitrogens with zero attached hydrogens (tertiary/aromatic N) is 1. The molecule has 2 aliphatic rings. The number of benzene rings is 2. The van der Waals surface area contributed by atoms with Crippen LogP contribution in [0.1, 0.15) is 60.8 Å². The van der Waals surface area contributed by atoms with Crippen molar-refractivity contribution in [2.45, 2.75) is 75.4 Å². The van der Waals surface area contributed by atoms with E-state index < -0.39 is 35.9 Å². The Hall–Kier alpha value is -3.12. The minimum atomic E-state index is -4.97. The molecule has 0 aromatic heterocycles. The molecule has 0 bridgehead atoms. The maximum atomic E-state index is 13.1. The topological polar surface area (TPSA) is 70.7 Å². The van der Waals surface area contributed by atoms with Crippen molar-refractivity contribution < 1.29 is 40.7 Å². The number of rotatable bonds is 9. The van der Waals surface area contributed by atoms with Crippen LogP contribution in [0.15, 0.2) is 48.5 Å². The van der Waals surface area contributed by atoms with Crippen molar-refractivity contribution in [3.05, 3.63) is 70.8 Å². The Kier molecular flexibility index (Phi) is 10.2. The molecule has 4 rings (SSSR count). The van der Waals surface area contributed by atoms with Gasteiger partial charge in [0.15, 0.2) is 0 Å². The van der Waals surface area contributed by atoms with Crippen LogP contribution in [-0.2, 0) is 39.6 Å². The number of morpholine rings is 1. The molecule has 230 valence electrons. The lowest BCUT2D eigenvalue weighted by atomic mass is 9.74. The molecular formula is C30H35F6N3O3. The highest BCUT2D eigenvalue weighted by Gasteiger charge is 2.41. The van der Waals surface area contributed by atoms with Gasteiger partial charge in [-0.25, -0.2) is 0 Å². The third-order valence-electron chi connectivity index (χ3n) is 8.06. The number of nitrogens with one attached hydrogen (secondary N) is 2. The maximum Gasteiger partial charge on any atom is 0.416 e. The highest BCUT2D eigenvalue weighted by atomic mass is 19.4. The number of amides is 2. The second-order valence-electron chi connectivity index (χ2n) is 11.0.